The monoisotopic (exact) mass is 308 g/mol. The van der Waals surface area contributed by atoms with Crippen molar-refractivity contribution in [3.8, 4) is 0 Å². The third kappa shape index (κ3) is 3.61. The van der Waals surface area contributed by atoms with Crippen LogP contribution in [0.2, 0.25) is 0 Å². The molecule has 2 amide bonds. The molecule has 1 fully saturated rings. The lowest BCUT2D eigenvalue weighted by Gasteiger charge is -2.28. The topological polar surface area (TPSA) is 63.0 Å². The minimum atomic E-state index is -0.523. The summed E-state index contributed by atoms with van der Waals surface area (Å²) in [6.07, 6.45) is 1.89. The molecule has 1 saturated heterocycles. The van der Waals surface area contributed by atoms with E-state index in [4.69, 9.17) is 9.15 Å². The Morgan fingerprint density at radius 3 is 2.64 bits per heavy atom. The van der Waals surface area contributed by atoms with Crippen LogP contribution in [0.15, 0.2) is 16.7 Å². The van der Waals surface area contributed by atoms with Crippen LogP contribution in [0, 0.1) is 6.92 Å². The van der Waals surface area contributed by atoms with E-state index < -0.39 is 5.60 Å². The van der Waals surface area contributed by atoms with E-state index >= 15 is 0 Å². The predicted molar refractivity (Wildman–Crippen MR) is 81.8 cm³/mol. The highest BCUT2D eigenvalue weighted by Gasteiger charge is 2.34. The number of carbonyl (C=O) groups excluding carboxylic acids is 2. The maximum Gasteiger partial charge on any atom is 0.410 e. The fourth-order valence-corrected chi connectivity index (χ4v) is 2.46. The molecule has 1 aliphatic heterocycles. The normalized spacial score (nSPS) is 18.4. The maximum absolute atomic E-state index is 12.4. The van der Waals surface area contributed by atoms with Gasteiger partial charge in [0.25, 0.3) is 5.91 Å². The molecule has 1 aromatic rings. The van der Waals surface area contributed by atoms with Crippen molar-refractivity contribution in [3.63, 3.8) is 0 Å². The zero-order valence-electron chi connectivity index (χ0n) is 13.9. The molecule has 0 aliphatic carbocycles. The van der Waals surface area contributed by atoms with Gasteiger partial charge in [-0.1, -0.05) is 0 Å². The molecule has 0 aromatic carbocycles. The maximum atomic E-state index is 12.4. The number of ether oxygens (including phenoxy) is 1. The minimum absolute atomic E-state index is 0.0333. The van der Waals surface area contributed by atoms with E-state index in [1.165, 1.54) is 6.26 Å². The lowest BCUT2D eigenvalue weighted by molar-refractivity contribution is 0.0226. The Morgan fingerprint density at radius 2 is 2.09 bits per heavy atom. The van der Waals surface area contributed by atoms with Gasteiger partial charge in [-0.05, 0) is 40.2 Å². The Morgan fingerprint density at radius 1 is 1.41 bits per heavy atom. The first kappa shape index (κ1) is 16.4. The Kier molecular flexibility index (Phi) is 4.49. The highest BCUT2D eigenvalue weighted by Crippen LogP contribution is 2.21. The summed E-state index contributed by atoms with van der Waals surface area (Å²) >= 11 is 0. The van der Waals surface area contributed by atoms with Crippen molar-refractivity contribution < 1.29 is 18.7 Å². The van der Waals surface area contributed by atoms with Gasteiger partial charge < -0.3 is 19.0 Å². The quantitative estimate of drug-likeness (QED) is 0.842. The summed E-state index contributed by atoms with van der Waals surface area (Å²) in [4.78, 5) is 27.8. The molecule has 2 rings (SSSR count). The molecule has 0 spiro atoms. The van der Waals surface area contributed by atoms with Crippen LogP contribution >= 0.6 is 0 Å². The third-order valence-corrected chi connectivity index (χ3v) is 3.74. The third-order valence-electron chi connectivity index (χ3n) is 3.74. The van der Waals surface area contributed by atoms with Gasteiger partial charge in [-0.2, -0.15) is 0 Å². The molecule has 0 radical (unpaired) electrons. The largest absolute Gasteiger partial charge is 0.459 e. The highest BCUT2D eigenvalue weighted by atomic mass is 16.6. The van der Waals surface area contributed by atoms with Crippen molar-refractivity contribution in [2.24, 2.45) is 0 Å². The Labute approximate surface area is 131 Å². The fraction of sp³-hybridized carbons (Fsp3) is 0.625. The number of hydrogen-bond donors (Lipinski definition) is 0. The molecular formula is C16H24N2O4. The van der Waals surface area contributed by atoms with E-state index in [1.54, 1.807) is 22.9 Å². The van der Waals surface area contributed by atoms with Crippen molar-refractivity contribution >= 4 is 12.0 Å². The number of aryl methyl sites for hydroxylation is 1. The van der Waals surface area contributed by atoms with Crippen molar-refractivity contribution in [2.75, 3.05) is 20.1 Å². The van der Waals surface area contributed by atoms with Gasteiger partial charge in [0.2, 0.25) is 0 Å². The van der Waals surface area contributed by atoms with Crippen LogP contribution in [0.5, 0.6) is 0 Å². The van der Waals surface area contributed by atoms with Crippen LogP contribution in [-0.2, 0) is 4.74 Å². The molecule has 2 heterocycles. The number of nitrogens with zero attached hydrogens (tertiary/aromatic N) is 2. The van der Waals surface area contributed by atoms with Gasteiger partial charge in [0.05, 0.1) is 12.3 Å². The molecular weight excluding hydrogens is 284 g/mol. The van der Waals surface area contributed by atoms with Crippen molar-refractivity contribution in [1.82, 2.24) is 9.80 Å². The van der Waals surface area contributed by atoms with Gasteiger partial charge in [-0.25, -0.2) is 4.79 Å². The standard InChI is InChI=1S/C16H24N2O4/c1-11-7-9-21-13(11)14(19)18-8-6-12(10-18)17(5)15(20)22-16(2,3)4/h7,9,12H,6,8,10H2,1-5H3/t12-/m0/s1. The number of likely N-dealkylation sites (N-methyl/N-ethyl adjacent to an activating group) is 1. The highest BCUT2D eigenvalue weighted by molar-refractivity contribution is 5.93. The second-order valence-corrected chi connectivity index (χ2v) is 6.72. The van der Waals surface area contributed by atoms with Gasteiger partial charge in [-0.3, -0.25) is 4.79 Å². The van der Waals surface area contributed by atoms with E-state index in [9.17, 15) is 9.59 Å². The zero-order valence-corrected chi connectivity index (χ0v) is 13.9. The Balaban J connectivity index is 1.96. The first-order valence-electron chi connectivity index (χ1n) is 7.48. The number of hydrogen-bond acceptors (Lipinski definition) is 4. The van der Waals surface area contributed by atoms with Crippen molar-refractivity contribution in [2.45, 2.75) is 45.8 Å². The average Bonchev–Trinajstić information content (AvgIpc) is 3.03. The molecule has 22 heavy (non-hydrogen) atoms. The molecule has 1 atom stereocenters. The van der Waals surface area contributed by atoms with Crippen LogP contribution in [-0.4, -0.2) is 53.6 Å². The lowest BCUT2D eigenvalue weighted by atomic mass is 10.2. The zero-order chi connectivity index (χ0) is 16.5. The summed E-state index contributed by atoms with van der Waals surface area (Å²) < 4.78 is 10.6. The smallest absolute Gasteiger partial charge is 0.410 e. The number of likely N-dealkylation sites (tertiary alicyclic amines) is 1. The molecule has 1 aliphatic rings. The van der Waals surface area contributed by atoms with Gasteiger partial charge >= 0.3 is 6.09 Å². The summed E-state index contributed by atoms with van der Waals surface area (Å²) in [5.41, 5.74) is 0.305. The number of amides is 2. The molecule has 1 aromatic heterocycles. The summed E-state index contributed by atoms with van der Waals surface area (Å²) in [6.45, 7) is 8.46. The van der Waals surface area contributed by atoms with Crippen LogP contribution in [0.4, 0.5) is 4.79 Å². The molecule has 6 heteroatoms. The van der Waals surface area contributed by atoms with E-state index in [2.05, 4.69) is 0 Å². The van der Waals surface area contributed by atoms with Crippen LogP contribution < -0.4 is 0 Å². The van der Waals surface area contributed by atoms with Crippen LogP contribution in [0.1, 0.15) is 43.3 Å². The summed E-state index contributed by atoms with van der Waals surface area (Å²) in [7, 11) is 1.71. The van der Waals surface area contributed by atoms with Crippen molar-refractivity contribution in [1.29, 1.82) is 0 Å². The SMILES string of the molecule is Cc1ccoc1C(=O)N1CC[C@H](N(C)C(=O)OC(C)(C)C)C1. The molecule has 6 nitrogen and oxygen atoms in total. The van der Waals surface area contributed by atoms with Gasteiger partial charge in [0.1, 0.15) is 5.60 Å². The summed E-state index contributed by atoms with van der Waals surface area (Å²) in [5.74, 6) is 0.253. The number of carbonyl (C=O) groups is 2. The molecule has 0 unspecified atom stereocenters. The fourth-order valence-electron chi connectivity index (χ4n) is 2.46. The minimum Gasteiger partial charge on any atom is -0.459 e. The van der Waals surface area contributed by atoms with E-state index in [1.807, 2.05) is 27.7 Å². The summed E-state index contributed by atoms with van der Waals surface area (Å²) in [5, 5.41) is 0. The molecule has 0 bridgehead atoms. The predicted octanol–water partition coefficient (Wildman–Crippen LogP) is 2.67. The first-order valence-corrected chi connectivity index (χ1v) is 7.48. The average molecular weight is 308 g/mol. The molecule has 0 saturated carbocycles. The molecule has 122 valence electrons. The van der Waals surface area contributed by atoms with Crippen LogP contribution in [0.25, 0.3) is 0 Å². The van der Waals surface area contributed by atoms with Gasteiger partial charge in [0.15, 0.2) is 5.76 Å². The van der Waals surface area contributed by atoms with E-state index in [-0.39, 0.29) is 18.0 Å². The van der Waals surface area contributed by atoms with E-state index in [0.717, 1.165) is 12.0 Å². The first-order chi connectivity index (χ1) is 10.2. The van der Waals surface area contributed by atoms with E-state index in [0.29, 0.717) is 18.8 Å². The van der Waals surface area contributed by atoms with Crippen LogP contribution in [0.3, 0.4) is 0 Å². The Bertz CT molecular complexity index is 559. The van der Waals surface area contributed by atoms with Crippen molar-refractivity contribution in [3.05, 3.63) is 23.7 Å². The number of rotatable bonds is 2. The van der Waals surface area contributed by atoms with Gasteiger partial charge in [0, 0.05) is 25.7 Å². The second-order valence-electron chi connectivity index (χ2n) is 6.72. The summed E-state index contributed by atoms with van der Waals surface area (Å²) in [6, 6.07) is 1.74. The lowest BCUT2D eigenvalue weighted by Crippen LogP contribution is -2.42. The number of furan rings is 1. The second kappa shape index (κ2) is 6.02. The van der Waals surface area contributed by atoms with Gasteiger partial charge in [-0.15, -0.1) is 0 Å². The Hall–Kier alpha value is -1.98. The molecule has 0 N–H and O–H groups in total.